The molecule has 0 aliphatic rings. The Morgan fingerprint density at radius 1 is 0.512 bits per heavy atom. The molecule has 9 rings (SSSR count). The van der Waals surface area contributed by atoms with Crippen LogP contribution in [-0.4, -0.2) is 14.1 Å². The molecule has 0 radical (unpaired) electrons. The van der Waals surface area contributed by atoms with Crippen molar-refractivity contribution in [3.8, 4) is 23.8 Å². The second kappa shape index (κ2) is 8.77. The number of nitriles is 2. The van der Waals surface area contributed by atoms with E-state index in [-0.39, 0.29) is 0 Å². The van der Waals surface area contributed by atoms with Crippen molar-refractivity contribution >= 4 is 75.1 Å². The second-order valence-corrected chi connectivity index (χ2v) is 11.6. The molecule has 0 aliphatic carbocycles. The number of benzene rings is 5. The maximum absolute atomic E-state index is 10.2. The Hall–Kier alpha value is -5.95. The molecule has 6 heteroatoms. The smallest absolute Gasteiger partial charge is 0.140 e. The third-order valence-corrected chi connectivity index (χ3v) is 9.67. The summed E-state index contributed by atoms with van der Waals surface area (Å²) in [6.07, 6.45) is 0. The normalized spacial score (nSPS) is 11.7. The van der Waals surface area contributed by atoms with Gasteiger partial charge in [-0.1, -0.05) is 72.8 Å². The Kier molecular flexibility index (Phi) is 4.84. The van der Waals surface area contributed by atoms with Crippen LogP contribution in [0.15, 0.2) is 115 Å². The molecule has 0 bridgehead atoms. The van der Waals surface area contributed by atoms with Gasteiger partial charge in [0.15, 0.2) is 0 Å². The van der Waals surface area contributed by atoms with E-state index >= 15 is 0 Å². The zero-order valence-corrected chi connectivity index (χ0v) is 23.4. The molecule has 43 heavy (non-hydrogen) atoms. The maximum Gasteiger partial charge on any atom is 0.140 e. The minimum atomic E-state index is 0.613. The summed E-state index contributed by atoms with van der Waals surface area (Å²) in [4.78, 5) is 5.32. The first-order chi connectivity index (χ1) is 21.3. The van der Waals surface area contributed by atoms with Crippen LogP contribution in [0, 0.1) is 22.7 Å². The molecular formula is C37H19N5S. The Morgan fingerprint density at radius 2 is 1.05 bits per heavy atom. The molecule has 0 aliphatic heterocycles. The monoisotopic (exact) mass is 565 g/mol. The summed E-state index contributed by atoms with van der Waals surface area (Å²) in [5.74, 6) is 1.61. The largest absolute Gasteiger partial charge is 0.294 e. The van der Waals surface area contributed by atoms with Gasteiger partial charge in [0, 0.05) is 32.3 Å². The molecule has 9 aromatic rings. The van der Waals surface area contributed by atoms with Crippen LogP contribution in [0.3, 0.4) is 0 Å². The van der Waals surface area contributed by atoms with Crippen molar-refractivity contribution in [1.29, 1.82) is 10.5 Å². The Bertz CT molecular complexity index is 2660. The lowest BCUT2D eigenvalue weighted by molar-refractivity contribution is 1.02. The zero-order chi connectivity index (χ0) is 28.7. The van der Waals surface area contributed by atoms with Crippen LogP contribution in [-0.2, 0) is 0 Å². The predicted octanol–water partition coefficient (Wildman–Crippen LogP) is 9.39. The molecule has 0 amide bonds. The highest BCUT2D eigenvalue weighted by Gasteiger charge is 2.22. The molecule has 198 valence electrons. The van der Waals surface area contributed by atoms with Crippen molar-refractivity contribution in [2.45, 2.75) is 0 Å². The summed E-state index contributed by atoms with van der Waals surface area (Å²) in [5, 5.41) is 26.5. The molecule has 4 aromatic heterocycles. The van der Waals surface area contributed by atoms with E-state index in [0.717, 1.165) is 64.6 Å². The molecule has 0 fully saturated rings. The van der Waals surface area contributed by atoms with E-state index in [1.54, 1.807) is 0 Å². The van der Waals surface area contributed by atoms with E-state index < -0.39 is 0 Å². The van der Waals surface area contributed by atoms with E-state index in [2.05, 4.69) is 100 Å². The summed E-state index contributed by atoms with van der Waals surface area (Å²) >= 11 is 1.51. The predicted molar refractivity (Wildman–Crippen MR) is 175 cm³/mol. The van der Waals surface area contributed by atoms with Gasteiger partial charge in [-0.2, -0.15) is 10.5 Å². The minimum Gasteiger partial charge on any atom is -0.294 e. The molecule has 0 atom stereocenters. The number of aromatic nitrogens is 3. The summed E-state index contributed by atoms with van der Waals surface area (Å²) in [6.45, 7) is 0. The molecule has 0 unspecified atom stereocenters. The molecule has 5 nitrogen and oxygen atoms in total. The number of hydrogen-bond donors (Lipinski definition) is 0. The Balaban J connectivity index is 1.44. The van der Waals surface area contributed by atoms with Crippen molar-refractivity contribution < 1.29 is 0 Å². The molecule has 0 saturated heterocycles. The number of fused-ring (bicyclic) bond motifs is 10. The number of hydrogen-bond acceptors (Lipinski definition) is 4. The SMILES string of the molecule is N#Cc1cccc2c1sc1c(C#N)cc3c4ccccc4n(-c4cccc(-n5c6ccccc6c6ccccc65)n4)c3c12. The van der Waals surface area contributed by atoms with Crippen molar-refractivity contribution in [3.05, 3.63) is 126 Å². The van der Waals surface area contributed by atoms with E-state index in [9.17, 15) is 10.5 Å². The Morgan fingerprint density at radius 3 is 1.70 bits per heavy atom. The van der Waals surface area contributed by atoms with Crippen molar-refractivity contribution in [2.75, 3.05) is 0 Å². The summed E-state index contributed by atoms with van der Waals surface area (Å²) in [5.41, 5.74) is 5.43. The van der Waals surface area contributed by atoms with Gasteiger partial charge in [-0.15, -0.1) is 11.3 Å². The average molecular weight is 566 g/mol. The fourth-order valence-corrected chi connectivity index (χ4v) is 7.88. The van der Waals surface area contributed by atoms with Gasteiger partial charge >= 0.3 is 0 Å². The van der Waals surface area contributed by atoms with Crippen LogP contribution in [0.4, 0.5) is 0 Å². The third-order valence-electron chi connectivity index (χ3n) is 8.40. The van der Waals surface area contributed by atoms with Gasteiger partial charge in [-0.05, 0) is 42.5 Å². The summed E-state index contributed by atoms with van der Waals surface area (Å²) in [7, 11) is 0. The molecule has 0 spiro atoms. The van der Waals surface area contributed by atoms with Crippen LogP contribution in [0.1, 0.15) is 11.1 Å². The maximum atomic E-state index is 10.2. The highest BCUT2D eigenvalue weighted by molar-refractivity contribution is 7.26. The first kappa shape index (κ1) is 23.7. The lowest BCUT2D eigenvalue weighted by atomic mass is 10.0. The van der Waals surface area contributed by atoms with E-state index in [1.807, 2.05) is 36.4 Å². The average Bonchev–Trinajstić information content (AvgIpc) is 3.72. The second-order valence-electron chi connectivity index (χ2n) is 10.6. The topological polar surface area (TPSA) is 70.3 Å². The molecular weight excluding hydrogens is 547 g/mol. The third kappa shape index (κ3) is 3.16. The first-order valence-electron chi connectivity index (χ1n) is 13.9. The highest BCUT2D eigenvalue weighted by atomic mass is 32.1. The van der Waals surface area contributed by atoms with Crippen LogP contribution in [0.25, 0.3) is 75.4 Å². The molecule has 0 N–H and O–H groups in total. The minimum absolute atomic E-state index is 0.613. The van der Waals surface area contributed by atoms with E-state index in [0.29, 0.717) is 11.1 Å². The number of pyridine rings is 1. The Labute approximate surface area is 249 Å². The standard InChI is InChI=1S/C37H19N5S/c38-20-22-9-7-13-27-34-35-28(19-23(21-39)37(34)43-36(22)27)26-12-3-6-16-31(26)42(35)33-18-8-17-32(40-33)41-29-14-4-1-10-24(29)25-11-2-5-15-30(25)41/h1-19H. The van der Waals surface area contributed by atoms with E-state index in [4.69, 9.17) is 4.98 Å². The van der Waals surface area contributed by atoms with Gasteiger partial charge in [0.25, 0.3) is 0 Å². The first-order valence-corrected chi connectivity index (χ1v) is 14.8. The number of rotatable bonds is 2. The van der Waals surface area contributed by atoms with Gasteiger partial charge in [-0.25, -0.2) is 4.98 Å². The molecule has 4 heterocycles. The fourth-order valence-electron chi connectivity index (χ4n) is 6.65. The summed E-state index contributed by atoms with van der Waals surface area (Å²) < 4.78 is 6.23. The van der Waals surface area contributed by atoms with Gasteiger partial charge in [-0.3, -0.25) is 9.13 Å². The number of nitrogens with zero attached hydrogens (tertiary/aromatic N) is 5. The van der Waals surface area contributed by atoms with E-state index in [1.165, 1.54) is 22.1 Å². The fraction of sp³-hybridized carbons (Fsp3) is 0. The van der Waals surface area contributed by atoms with Crippen LogP contribution < -0.4 is 0 Å². The molecule has 5 aromatic carbocycles. The quantitative estimate of drug-likeness (QED) is 0.210. The summed E-state index contributed by atoms with van der Waals surface area (Å²) in [6, 6.07) is 43.9. The van der Waals surface area contributed by atoms with Crippen molar-refractivity contribution in [2.24, 2.45) is 0 Å². The number of para-hydroxylation sites is 3. The molecule has 0 saturated carbocycles. The van der Waals surface area contributed by atoms with Gasteiger partial charge in [0.1, 0.15) is 23.8 Å². The number of thiophene rings is 1. The van der Waals surface area contributed by atoms with Crippen molar-refractivity contribution in [1.82, 2.24) is 14.1 Å². The lowest BCUT2D eigenvalue weighted by Gasteiger charge is -2.12. The van der Waals surface area contributed by atoms with Crippen LogP contribution >= 0.6 is 11.3 Å². The van der Waals surface area contributed by atoms with Gasteiger partial charge in [0.05, 0.1) is 42.6 Å². The zero-order valence-electron chi connectivity index (χ0n) is 22.6. The van der Waals surface area contributed by atoms with Gasteiger partial charge < -0.3 is 0 Å². The van der Waals surface area contributed by atoms with Gasteiger partial charge in [0.2, 0.25) is 0 Å². The van der Waals surface area contributed by atoms with Crippen LogP contribution in [0.2, 0.25) is 0 Å². The van der Waals surface area contributed by atoms with Crippen molar-refractivity contribution in [3.63, 3.8) is 0 Å². The van der Waals surface area contributed by atoms with Crippen LogP contribution in [0.5, 0.6) is 0 Å². The lowest BCUT2D eigenvalue weighted by Crippen LogP contribution is -2.03. The highest BCUT2D eigenvalue weighted by Crippen LogP contribution is 2.45.